The third-order valence-electron chi connectivity index (χ3n) is 1.86. The maximum absolute atomic E-state index is 12.1. The summed E-state index contributed by atoms with van der Waals surface area (Å²) in [6.07, 6.45) is 0. The van der Waals surface area contributed by atoms with Crippen LogP contribution in [0.3, 0.4) is 0 Å². The number of hydrogen-bond acceptors (Lipinski definition) is 1. The van der Waals surface area contributed by atoms with Crippen LogP contribution in [0.5, 0.6) is 0 Å². The quantitative estimate of drug-likeness (QED) is 0.562. The molecular formula is C6H14Cl2N3OP. The van der Waals surface area contributed by atoms with Gasteiger partial charge in [0.15, 0.2) is 0 Å². The SMILES string of the molecule is O=P1(N(CCCl)CCCl)NCCN1. The molecule has 4 nitrogen and oxygen atoms in total. The predicted octanol–water partition coefficient (Wildman–Crippen LogP) is 1.07. The molecule has 1 fully saturated rings. The lowest BCUT2D eigenvalue weighted by Gasteiger charge is -2.26. The Morgan fingerprint density at radius 1 is 1.15 bits per heavy atom. The second kappa shape index (κ2) is 5.54. The minimum absolute atomic E-state index is 0.463. The Morgan fingerprint density at radius 3 is 2.00 bits per heavy atom. The Bertz CT molecular complexity index is 188. The van der Waals surface area contributed by atoms with Crippen LogP contribution in [-0.2, 0) is 4.57 Å². The van der Waals surface area contributed by atoms with E-state index in [9.17, 15) is 4.57 Å². The van der Waals surface area contributed by atoms with Crippen molar-refractivity contribution in [1.82, 2.24) is 14.8 Å². The highest BCUT2D eigenvalue weighted by molar-refractivity contribution is 7.57. The Hall–Kier alpha value is 0.690. The van der Waals surface area contributed by atoms with Crippen molar-refractivity contribution in [3.05, 3.63) is 0 Å². The summed E-state index contributed by atoms with van der Waals surface area (Å²) in [5.74, 6) is 0.925. The zero-order valence-electron chi connectivity index (χ0n) is 7.30. The minimum atomic E-state index is -2.55. The fourth-order valence-electron chi connectivity index (χ4n) is 1.26. The van der Waals surface area contributed by atoms with E-state index in [2.05, 4.69) is 10.2 Å². The smallest absolute Gasteiger partial charge is 0.271 e. The van der Waals surface area contributed by atoms with Crippen LogP contribution in [0.1, 0.15) is 0 Å². The van der Waals surface area contributed by atoms with Crippen LogP contribution in [-0.4, -0.2) is 42.6 Å². The van der Waals surface area contributed by atoms with Gasteiger partial charge in [0.2, 0.25) is 0 Å². The second-order valence-corrected chi connectivity index (χ2v) is 5.83. The molecule has 13 heavy (non-hydrogen) atoms. The molecule has 0 aromatic rings. The number of nitrogens with zero attached hydrogens (tertiary/aromatic N) is 1. The lowest BCUT2D eigenvalue weighted by molar-refractivity contribution is 0.436. The lowest BCUT2D eigenvalue weighted by Crippen LogP contribution is -2.32. The summed E-state index contributed by atoms with van der Waals surface area (Å²) in [5.41, 5.74) is 0. The van der Waals surface area contributed by atoms with Gasteiger partial charge in [-0.2, -0.15) is 0 Å². The van der Waals surface area contributed by atoms with Gasteiger partial charge in [0.25, 0.3) is 7.59 Å². The summed E-state index contributed by atoms with van der Waals surface area (Å²) in [7, 11) is -2.55. The molecule has 78 valence electrons. The largest absolute Gasteiger partial charge is 0.281 e. The van der Waals surface area contributed by atoms with Gasteiger partial charge < -0.3 is 0 Å². The molecule has 7 heteroatoms. The van der Waals surface area contributed by atoms with E-state index in [0.29, 0.717) is 24.8 Å². The van der Waals surface area contributed by atoms with E-state index in [1.165, 1.54) is 0 Å². The van der Waals surface area contributed by atoms with Gasteiger partial charge in [-0.1, -0.05) is 0 Å². The molecule has 1 rings (SSSR count). The van der Waals surface area contributed by atoms with Crippen LogP contribution >= 0.6 is 30.8 Å². The molecule has 1 aliphatic heterocycles. The molecule has 0 aromatic carbocycles. The molecule has 0 bridgehead atoms. The van der Waals surface area contributed by atoms with Gasteiger partial charge in [0.05, 0.1) is 0 Å². The van der Waals surface area contributed by atoms with Crippen LogP contribution in [0.2, 0.25) is 0 Å². The Morgan fingerprint density at radius 2 is 1.62 bits per heavy atom. The van der Waals surface area contributed by atoms with Crippen LogP contribution in [0.4, 0.5) is 0 Å². The molecule has 0 aromatic heterocycles. The van der Waals surface area contributed by atoms with Crippen molar-refractivity contribution in [2.75, 3.05) is 37.9 Å². The average Bonchev–Trinajstić information content (AvgIpc) is 2.53. The first-order valence-electron chi connectivity index (χ1n) is 4.20. The zero-order valence-corrected chi connectivity index (χ0v) is 9.71. The van der Waals surface area contributed by atoms with E-state index < -0.39 is 7.59 Å². The number of halogens is 2. The van der Waals surface area contributed by atoms with Gasteiger partial charge in [-0.05, 0) is 0 Å². The van der Waals surface area contributed by atoms with Gasteiger partial charge in [-0.3, -0.25) is 4.57 Å². The van der Waals surface area contributed by atoms with Crippen LogP contribution < -0.4 is 10.2 Å². The maximum atomic E-state index is 12.1. The normalized spacial score (nSPS) is 21.2. The molecule has 1 saturated heterocycles. The summed E-state index contributed by atoms with van der Waals surface area (Å²) < 4.78 is 13.9. The first-order valence-corrected chi connectivity index (χ1v) is 6.93. The summed E-state index contributed by atoms with van der Waals surface area (Å²) in [6, 6.07) is 0. The third kappa shape index (κ3) is 3.08. The highest BCUT2D eigenvalue weighted by Crippen LogP contribution is 2.42. The van der Waals surface area contributed by atoms with Gasteiger partial charge >= 0.3 is 0 Å². The fraction of sp³-hybridized carbons (Fsp3) is 1.00. The van der Waals surface area contributed by atoms with E-state index >= 15 is 0 Å². The lowest BCUT2D eigenvalue weighted by atomic mass is 10.6. The first-order chi connectivity index (χ1) is 6.23. The van der Waals surface area contributed by atoms with Gasteiger partial charge in [-0.15, -0.1) is 23.2 Å². The first kappa shape index (κ1) is 11.8. The number of rotatable bonds is 5. The minimum Gasteiger partial charge on any atom is -0.271 e. The molecule has 2 N–H and O–H groups in total. The zero-order chi connectivity index (χ0) is 9.73. The van der Waals surface area contributed by atoms with E-state index in [1.54, 1.807) is 4.67 Å². The maximum Gasteiger partial charge on any atom is 0.281 e. The van der Waals surface area contributed by atoms with E-state index in [-0.39, 0.29) is 0 Å². The van der Waals surface area contributed by atoms with E-state index in [4.69, 9.17) is 23.2 Å². The van der Waals surface area contributed by atoms with Crippen molar-refractivity contribution in [2.24, 2.45) is 0 Å². The van der Waals surface area contributed by atoms with Crippen molar-refractivity contribution in [2.45, 2.75) is 0 Å². The highest BCUT2D eigenvalue weighted by atomic mass is 35.5. The molecule has 0 aliphatic carbocycles. The number of hydrogen-bond donors (Lipinski definition) is 2. The van der Waals surface area contributed by atoms with Crippen LogP contribution in [0, 0.1) is 0 Å². The van der Waals surface area contributed by atoms with Crippen molar-refractivity contribution >= 4 is 30.8 Å². The molecule has 0 amide bonds. The van der Waals surface area contributed by atoms with Gasteiger partial charge in [-0.25, -0.2) is 14.8 Å². The number of alkyl halides is 2. The van der Waals surface area contributed by atoms with E-state index in [0.717, 1.165) is 13.1 Å². The van der Waals surface area contributed by atoms with Crippen molar-refractivity contribution < 1.29 is 4.57 Å². The fourth-order valence-corrected chi connectivity index (χ4v) is 4.01. The van der Waals surface area contributed by atoms with Crippen LogP contribution in [0.25, 0.3) is 0 Å². The Labute approximate surface area is 88.5 Å². The van der Waals surface area contributed by atoms with Gasteiger partial charge in [0, 0.05) is 37.9 Å². The monoisotopic (exact) mass is 245 g/mol. The summed E-state index contributed by atoms with van der Waals surface area (Å²) in [4.78, 5) is 0. The summed E-state index contributed by atoms with van der Waals surface area (Å²) in [6.45, 7) is 2.65. The standard InChI is InChI=1S/C6H14Cl2N3OP/c7-1-5-11(6-2-8)13(12)9-3-4-10-13/h1-6H2,(H2,9,10,12). The molecule has 1 heterocycles. The van der Waals surface area contributed by atoms with Crippen molar-refractivity contribution in [3.8, 4) is 0 Å². The highest BCUT2D eigenvalue weighted by Gasteiger charge is 2.32. The summed E-state index contributed by atoms with van der Waals surface area (Å²) >= 11 is 11.2. The predicted molar refractivity (Wildman–Crippen MR) is 56.6 cm³/mol. The Balaban J connectivity index is 2.56. The van der Waals surface area contributed by atoms with Crippen LogP contribution in [0.15, 0.2) is 0 Å². The molecule has 1 aliphatic rings. The summed E-state index contributed by atoms with van der Waals surface area (Å²) in [5, 5.41) is 5.91. The van der Waals surface area contributed by atoms with Crippen molar-refractivity contribution in [3.63, 3.8) is 0 Å². The van der Waals surface area contributed by atoms with Gasteiger partial charge in [0.1, 0.15) is 0 Å². The molecule has 0 atom stereocenters. The molecule has 0 unspecified atom stereocenters. The number of nitrogens with one attached hydrogen (secondary N) is 2. The molecule has 0 spiro atoms. The Kier molecular flexibility index (Phi) is 5.01. The topological polar surface area (TPSA) is 44.4 Å². The van der Waals surface area contributed by atoms with E-state index in [1.807, 2.05) is 0 Å². The van der Waals surface area contributed by atoms with Crippen molar-refractivity contribution in [1.29, 1.82) is 0 Å². The molecular weight excluding hydrogens is 232 g/mol. The molecule has 0 saturated carbocycles. The average molecular weight is 246 g/mol. The third-order valence-corrected chi connectivity index (χ3v) is 4.70. The molecule has 0 radical (unpaired) electrons. The second-order valence-electron chi connectivity index (χ2n) is 2.72.